The second-order valence-electron chi connectivity index (χ2n) is 4.17. The average molecular weight is 253 g/mol. The fourth-order valence-electron chi connectivity index (χ4n) is 1.68. The van der Waals surface area contributed by atoms with E-state index in [4.69, 9.17) is 4.74 Å². The number of rotatable bonds is 8. The van der Waals surface area contributed by atoms with Crippen LogP contribution >= 0.6 is 11.8 Å². The number of thioether (sulfide) groups is 1. The van der Waals surface area contributed by atoms with Gasteiger partial charge in [-0.25, -0.2) is 0 Å². The van der Waals surface area contributed by atoms with Gasteiger partial charge in [0.25, 0.3) is 0 Å². The minimum atomic E-state index is 0.586. The van der Waals surface area contributed by atoms with E-state index in [1.54, 1.807) is 11.8 Å². The third-order valence-corrected chi connectivity index (χ3v) is 3.39. The quantitative estimate of drug-likeness (QED) is 0.565. The molecule has 0 aliphatic rings. The lowest BCUT2D eigenvalue weighted by Crippen LogP contribution is -2.29. The van der Waals surface area contributed by atoms with E-state index in [0.29, 0.717) is 6.04 Å². The number of nitrogens with one attached hydrogen (secondary N) is 1. The van der Waals surface area contributed by atoms with Crippen molar-refractivity contribution in [3.63, 3.8) is 0 Å². The highest BCUT2D eigenvalue weighted by molar-refractivity contribution is 7.98. The summed E-state index contributed by atoms with van der Waals surface area (Å²) in [7, 11) is 0. The Hall–Kier alpha value is -0.670. The molecule has 0 fully saturated rings. The number of ether oxygens (including phenoxy) is 1. The molecule has 0 heterocycles. The number of benzene rings is 1. The summed E-state index contributed by atoms with van der Waals surface area (Å²) in [6.45, 7) is 6.07. The van der Waals surface area contributed by atoms with Gasteiger partial charge >= 0.3 is 0 Å². The van der Waals surface area contributed by atoms with Crippen molar-refractivity contribution in [2.45, 2.75) is 37.6 Å². The van der Waals surface area contributed by atoms with E-state index in [9.17, 15) is 0 Å². The maximum Gasteiger partial charge on any atom is 0.119 e. The monoisotopic (exact) mass is 253 g/mol. The lowest BCUT2D eigenvalue weighted by molar-refractivity contribution is 0.304. The molecule has 1 unspecified atom stereocenters. The van der Waals surface area contributed by atoms with E-state index in [2.05, 4.69) is 37.6 Å². The van der Waals surface area contributed by atoms with E-state index >= 15 is 0 Å². The molecule has 0 spiro atoms. The molecule has 0 bridgehead atoms. The summed E-state index contributed by atoms with van der Waals surface area (Å²) in [4.78, 5) is 1.27. The maximum atomic E-state index is 5.66. The van der Waals surface area contributed by atoms with Crippen LogP contribution in [0.5, 0.6) is 5.75 Å². The maximum absolute atomic E-state index is 5.66. The first-order valence-electron chi connectivity index (χ1n) is 6.26. The SMILES string of the molecule is CCCC(C)NCCOc1ccc(SC)cc1. The lowest BCUT2D eigenvalue weighted by Gasteiger charge is -2.13. The Bertz CT molecular complexity index is 300. The van der Waals surface area contributed by atoms with Crippen molar-refractivity contribution in [1.82, 2.24) is 5.32 Å². The summed E-state index contributed by atoms with van der Waals surface area (Å²) in [5.74, 6) is 0.952. The molecule has 0 aromatic heterocycles. The van der Waals surface area contributed by atoms with Crippen molar-refractivity contribution in [3.8, 4) is 5.75 Å². The molecular formula is C14H23NOS. The van der Waals surface area contributed by atoms with Gasteiger partial charge < -0.3 is 10.1 Å². The van der Waals surface area contributed by atoms with E-state index in [-0.39, 0.29) is 0 Å². The van der Waals surface area contributed by atoms with Gasteiger partial charge in [-0.1, -0.05) is 13.3 Å². The zero-order valence-corrected chi connectivity index (χ0v) is 11.8. The van der Waals surface area contributed by atoms with Gasteiger partial charge in [-0.15, -0.1) is 11.8 Å². The Morgan fingerprint density at radius 2 is 2.00 bits per heavy atom. The molecule has 0 radical (unpaired) electrons. The normalized spacial score (nSPS) is 12.4. The van der Waals surface area contributed by atoms with Gasteiger partial charge in [0.1, 0.15) is 12.4 Å². The van der Waals surface area contributed by atoms with Crippen LogP contribution in [0.3, 0.4) is 0 Å². The molecule has 1 aromatic carbocycles. The van der Waals surface area contributed by atoms with E-state index in [1.165, 1.54) is 17.7 Å². The van der Waals surface area contributed by atoms with Crippen LogP contribution in [-0.2, 0) is 0 Å². The average Bonchev–Trinajstić information content (AvgIpc) is 2.36. The van der Waals surface area contributed by atoms with Gasteiger partial charge in [0, 0.05) is 17.5 Å². The Labute approximate surface area is 109 Å². The standard InChI is InChI=1S/C14H23NOS/c1-4-5-12(2)15-10-11-16-13-6-8-14(17-3)9-7-13/h6-9,12,15H,4-5,10-11H2,1-3H3. The van der Waals surface area contributed by atoms with E-state index < -0.39 is 0 Å². The lowest BCUT2D eigenvalue weighted by atomic mass is 10.2. The number of hydrogen-bond acceptors (Lipinski definition) is 3. The van der Waals surface area contributed by atoms with Crippen LogP contribution < -0.4 is 10.1 Å². The molecule has 1 atom stereocenters. The first kappa shape index (κ1) is 14.4. The summed E-state index contributed by atoms with van der Waals surface area (Å²) in [6.07, 6.45) is 4.53. The van der Waals surface area contributed by atoms with Gasteiger partial charge in [0.05, 0.1) is 0 Å². The summed E-state index contributed by atoms with van der Waals surface area (Å²) >= 11 is 1.75. The Kier molecular flexibility index (Phi) is 7.13. The fraction of sp³-hybridized carbons (Fsp3) is 0.571. The van der Waals surface area contributed by atoms with Crippen molar-refractivity contribution in [2.24, 2.45) is 0 Å². The molecule has 0 amide bonds. The van der Waals surface area contributed by atoms with Crippen LogP contribution in [-0.4, -0.2) is 25.4 Å². The van der Waals surface area contributed by atoms with Crippen molar-refractivity contribution < 1.29 is 4.74 Å². The van der Waals surface area contributed by atoms with Crippen molar-refractivity contribution in [1.29, 1.82) is 0 Å². The topological polar surface area (TPSA) is 21.3 Å². The first-order chi connectivity index (χ1) is 8.26. The summed E-state index contributed by atoms with van der Waals surface area (Å²) < 4.78 is 5.66. The van der Waals surface area contributed by atoms with E-state index in [0.717, 1.165) is 18.9 Å². The molecule has 3 heteroatoms. The molecule has 0 aliphatic heterocycles. The largest absolute Gasteiger partial charge is 0.492 e. The predicted molar refractivity (Wildman–Crippen MR) is 76.1 cm³/mol. The smallest absolute Gasteiger partial charge is 0.119 e. The highest BCUT2D eigenvalue weighted by atomic mass is 32.2. The second-order valence-corrected chi connectivity index (χ2v) is 5.05. The van der Waals surface area contributed by atoms with Gasteiger partial charge in [0.15, 0.2) is 0 Å². The molecule has 1 rings (SSSR count). The van der Waals surface area contributed by atoms with Crippen molar-refractivity contribution in [2.75, 3.05) is 19.4 Å². The Morgan fingerprint density at radius 3 is 2.59 bits per heavy atom. The van der Waals surface area contributed by atoms with Crippen LogP contribution in [0.4, 0.5) is 0 Å². The minimum Gasteiger partial charge on any atom is -0.492 e. The fourth-order valence-corrected chi connectivity index (χ4v) is 2.09. The first-order valence-corrected chi connectivity index (χ1v) is 7.49. The van der Waals surface area contributed by atoms with Crippen LogP contribution in [0.2, 0.25) is 0 Å². The van der Waals surface area contributed by atoms with Crippen LogP contribution in [0.25, 0.3) is 0 Å². The predicted octanol–water partition coefficient (Wildman–Crippen LogP) is 3.57. The van der Waals surface area contributed by atoms with Crippen LogP contribution in [0.15, 0.2) is 29.2 Å². The minimum absolute atomic E-state index is 0.586. The molecular weight excluding hydrogens is 230 g/mol. The zero-order chi connectivity index (χ0) is 12.5. The van der Waals surface area contributed by atoms with Crippen molar-refractivity contribution >= 4 is 11.8 Å². The molecule has 0 saturated heterocycles. The van der Waals surface area contributed by atoms with Crippen LogP contribution in [0, 0.1) is 0 Å². The number of hydrogen-bond donors (Lipinski definition) is 1. The second kappa shape index (κ2) is 8.43. The third-order valence-electron chi connectivity index (χ3n) is 2.64. The Morgan fingerprint density at radius 1 is 1.29 bits per heavy atom. The van der Waals surface area contributed by atoms with Crippen LogP contribution in [0.1, 0.15) is 26.7 Å². The van der Waals surface area contributed by atoms with Gasteiger partial charge in [-0.3, -0.25) is 0 Å². The van der Waals surface area contributed by atoms with Gasteiger partial charge in [0.2, 0.25) is 0 Å². The van der Waals surface area contributed by atoms with Gasteiger partial charge in [-0.2, -0.15) is 0 Å². The molecule has 17 heavy (non-hydrogen) atoms. The summed E-state index contributed by atoms with van der Waals surface area (Å²) in [5, 5.41) is 3.45. The Balaban J connectivity index is 2.17. The molecule has 1 aromatic rings. The molecule has 0 saturated carbocycles. The summed E-state index contributed by atoms with van der Waals surface area (Å²) in [5.41, 5.74) is 0. The van der Waals surface area contributed by atoms with E-state index in [1.807, 2.05) is 12.1 Å². The summed E-state index contributed by atoms with van der Waals surface area (Å²) in [6, 6.07) is 8.82. The van der Waals surface area contributed by atoms with Crippen molar-refractivity contribution in [3.05, 3.63) is 24.3 Å². The molecule has 2 nitrogen and oxygen atoms in total. The van der Waals surface area contributed by atoms with Gasteiger partial charge in [-0.05, 0) is 43.9 Å². The molecule has 0 aliphatic carbocycles. The highest BCUT2D eigenvalue weighted by Gasteiger charge is 1.99. The molecule has 1 N–H and O–H groups in total. The molecule has 96 valence electrons. The highest BCUT2D eigenvalue weighted by Crippen LogP contribution is 2.18. The zero-order valence-electron chi connectivity index (χ0n) is 11.0. The third kappa shape index (κ3) is 5.99.